The highest BCUT2D eigenvalue weighted by Crippen LogP contribution is 2.23. The van der Waals surface area contributed by atoms with E-state index < -0.39 is 0 Å². The molecule has 2 N–H and O–H groups in total. The van der Waals surface area contributed by atoms with Crippen molar-refractivity contribution in [3.05, 3.63) is 17.0 Å². The molecule has 0 spiro atoms. The Hall–Kier alpha value is -0.870. The number of nitrogens with two attached hydrogens (primary N) is 1. The second kappa shape index (κ2) is 2.88. The van der Waals surface area contributed by atoms with Gasteiger partial charge in [0.05, 0.1) is 0 Å². The maximum atomic E-state index is 5.45. The molecule has 0 radical (unpaired) electrons. The molecule has 2 rings (SSSR count). The van der Waals surface area contributed by atoms with Crippen LogP contribution in [0, 0.1) is 0 Å². The molecule has 0 fully saturated rings. The van der Waals surface area contributed by atoms with Gasteiger partial charge >= 0.3 is 0 Å². The van der Waals surface area contributed by atoms with Gasteiger partial charge in [0.25, 0.3) is 0 Å². The Morgan fingerprint density at radius 1 is 1.58 bits per heavy atom. The third kappa shape index (κ3) is 1.13. The van der Waals surface area contributed by atoms with Crippen molar-refractivity contribution in [3.63, 3.8) is 0 Å². The maximum absolute atomic E-state index is 5.45. The predicted molar refractivity (Wildman–Crippen MR) is 44.4 cm³/mol. The minimum Gasteiger partial charge on any atom is -0.361 e. The zero-order valence-corrected chi connectivity index (χ0v) is 7.21. The zero-order chi connectivity index (χ0) is 8.55. The third-order valence-electron chi connectivity index (χ3n) is 2.17. The normalized spacial score (nSPS) is 16.8. The van der Waals surface area contributed by atoms with Gasteiger partial charge in [0.15, 0.2) is 0 Å². The lowest BCUT2D eigenvalue weighted by Gasteiger charge is -2.04. The van der Waals surface area contributed by atoms with Gasteiger partial charge in [-0.15, -0.1) is 0 Å². The molecule has 0 amide bonds. The van der Waals surface area contributed by atoms with Crippen LogP contribution >= 0.6 is 0 Å². The molecule has 0 saturated carbocycles. The first kappa shape index (κ1) is 7.76. The lowest BCUT2D eigenvalue weighted by molar-refractivity contribution is 0.310. The average molecular weight is 167 g/mol. The van der Waals surface area contributed by atoms with Crippen LogP contribution in [0.1, 0.15) is 17.0 Å². The molecule has 0 atom stereocenters. The summed E-state index contributed by atoms with van der Waals surface area (Å²) < 4.78 is 5.17. The number of fused-ring (bicyclic) bond motifs is 1. The number of rotatable bonds is 2. The van der Waals surface area contributed by atoms with Gasteiger partial charge < -0.3 is 10.3 Å². The van der Waals surface area contributed by atoms with Crippen molar-refractivity contribution in [1.29, 1.82) is 0 Å². The highest BCUT2D eigenvalue weighted by Gasteiger charge is 2.23. The molecule has 4 nitrogen and oxygen atoms in total. The van der Waals surface area contributed by atoms with E-state index in [4.69, 9.17) is 10.3 Å². The average Bonchev–Trinajstić information content (AvgIpc) is 2.52. The lowest BCUT2D eigenvalue weighted by Crippen LogP contribution is -2.10. The molecule has 0 unspecified atom stereocenters. The molecule has 1 aliphatic heterocycles. The van der Waals surface area contributed by atoms with E-state index in [-0.39, 0.29) is 0 Å². The van der Waals surface area contributed by atoms with E-state index in [1.165, 1.54) is 5.56 Å². The van der Waals surface area contributed by atoms with Gasteiger partial charge in [0.1, 0.15) is 11.5 Å². The van der Waals surface area contributed by atoms with E-state index in [1.54, 1.807) is 0 Å². The van der Waals surface area contributed by atoms with Crippen LogP contribution in [0.25, 0.3) is 0 Å². The van der Waals surface area contributed by atoms with Gasteiger partial charge in [0.2, 0.25) is 0 Å². The molecule has 1 aromatic rings. The van der Waals surface area contributed by atoms with Crippen molar-refractivity contribution in [2.24, 2.45) is 5.73 Å². The van der Waals surface area contributed by atoms with Crippen LogP contribution in [0.3, 0.4) is 0 Å². The van der Waals surface area contributed by atoms with Crippen LogP contribution < -0.4 is 5.73 Å². The van der Waals surface area contributed by atoms with Crippen LogP contribution in [0.4, 0.5) is 0 Å². The molecule has 0 bridgehead atoms. The highest BCUT2D eigenvalue weighted by atomic mass is 16.5. The van der Waals surface area contributed by atoms with Crippen molar-refractivity contribution >= 4 is 0 Å². The summed E-state index contributed by atoms with van der Waals surface area (Å²) in [5.74, 6) is 0.969. The Morgan fingerprint density at radius 2 is 2.42 bits per heavy atom. The molecule has 12 heavy (non-hydrogen) atoms. The number of hydrogen-bond donors (Lipinski definition) is 1. The van der Waals surface area contributed by atoms with E-state index >= 15 is 0 Å². The Balaban J connectivity index is 2.24. The van der Waals surface area contributed by atoms with Gasteiger partial charge in [-0.2, -0.15) is 0 Å². The topological polar surface area (TPSA) is 55.3 Å². The van der Waals surface area contributed by atoms with Crippen molar-refractivity contribution in [2.45, 2.75) is 19.5 Å². The Bertz CT molecular complexity index is 282. The molecular weight excluding hydrogens is 154 g/mol. The van der Waals surface area contributed by atoms with Gasteiger partial charge in [0, 0.05) is 25.1 Å². The van der Waals surface area contributed by atoms with Crippen molar-refractivity contribution < 1.29 is 4.52 Å². The van der Waals surface area contributed by atoms with Crippen LogP contribution in [-0.2, 0) is 19.5 Å². The maximum Gasteiger partial charge on any atom is 0.142 e. The number of nitrogens with zero attached hydrogens (tertiary/aromatic N) is 2. The third-order valence-corrected chi connectivity index (χ3v) is 2.17. The molecule has 0 aromatic carbocycles. The predicted octanol–water partition coefficient (Wildman–Crippen LogP) is 0.121. The molecule has 0 aliphatic carbocycles. The summed E-state index contributed by atoms with van der Waals surface area (Å²) in [5.41, 5.74) is 7.78. The highest BCUT2D eigenvalue weighted by molar-refractivity contribution is 5.26. The Morgan fingerprint density at radius 3 is 3.17 bits per heavy atom. The summed E-state index contributed by atoms with van der Waals surface area (Å²) in [7, 11) is 2.08. The fourth-order valence-electron chi connectivity index (χ4n) is 1.59. The summed E-state index contributed by atoms with van der Waals surface area (Å²) in [6, 6.07) is 0. The Kier molecular flexibility index (Phi) is 1.86. The molecule has 4 heteroatoms. The summed E-state index contributed by atoms with van der Waals surface area (Å²) >= 11 is 0. The summed E-state index contributed by atoms with van der Waals surface area (Å²) in [4.78, 5) is 2.22. The molecule has 1 aromatic heterocycles. The summed E-state index contributed by atoms with van der Waals surface area (Å²) in [5, 5.41) is 3.99. The summed E-state index contributed by atoms with van der Waals surface area (Å²) in [6.45, 7) is 2.49. The van der Waals surface area contributed by atoms with Crippen LogP contribution in [0.2, 0.25) is 0 Å². The fourth-order valence-corrected chi connectivity index (χ4v) is 1.59. The molecule has 66 valence electrons. The summed E-state index contributed by atoms with van der Waals surface area (Å²) in [6.07, 6.45) is 0.802. The molecular formula is C8H13N3O. The van der Waals surface area contributed by atoms with Crippen LogP contribution in [0.5, 0.6) is 0 Å². The first-order valence-corrected chi connectivity index (χ1v) is 4.16. The van der Waals surface area contributed by atoms with Crippen LogP contribution in [0.15, 0.2) is 4.52 Å². The first-order valence-electron chi connectivity index (χ1n) is 4.16. The zero-order valence-electron chi connectivity index (χ0n) is 7.21. The van der Waals surface area contributed by atoms with E-state index in [0.29, 0.717) is 6.54 Å². The minimum atomic E-state index is 0.630. The SMILES string of the molecule is CN1Cc2noc(CCN)c2C1. The largest absolute Gasteiger partial charge is 0.361 e. The van der Waals surface area contributed by atoms with E-state index in [9.17, 15) is 0 Å². The molecule has 0 saturated heterocycles. The van der Waals surface area contributed by atoms with E-state index in [1.807, 2.05) is 0 Å². The quantitative estimate of drug-likeness (QED) is 0.679. The minimum absolute atomic E-state index is 0.630. The smallest absolute Gasteiger partial charge is 0.142 e. The molecule has 1 aliphatic rings. The molecule has 2 heterocycles. The second-order valence-electron chi connectivity index (χ2n) is 3.24. The Labute approximate surface area is 71.3 Å². The second-order valence-corrected chi connectivity index (χ2v) is 3.24. The van der Waals surface area contributed by atoms with E-state index in [0.717, 1.165) is 31.0 Å². The first-order chi connectivity index (χ1) is 5.81. The van der Waals surface area contributed by atoms with Gasteiger partial charge in [-0.25, -0.2) is 0 Å². The van der Waals surface area contributed by atoms with E-state index in [2.05, 4.69) is 17.1 Å². The standard InChI is InChI=1S/C8H13N3O/c1-11-4-6-7(5-11)10-12-8(6)2-3-9/h2-5,9H2,1H3. The lowest BCUT2D eigenvalue weighted by atomic mass is 10.2. The number of aromatic nitrogens is 1. The number of hydrogen-bond acceptors (Lipinski definition) is 4. The van der Waals surface area contributed by atoms with Crippen molar-refractivity contribution in [1.82, 2.24) is 10.1 Å². The van der Waals surface area contributed by atoms with Crippen LogP contribution in [-0.4, -0.2) is 23.6 Å². The fraction of sp³-hybridized carbons (Fsp3) is 0.625. The van der Waals surface area contributed by atoms with Crippen molar-refractivity contribution in [3.8, 4) is 0 Å². The monoisotopic (exact) mass is 167 g/mol. The van der Waals surface area contributed by atoms with Gasteiger partial charge in [-0.1, -0.05) is 5.16 Å². The van der Waals surface area contributed by atoms with Gasteiger partial charge in [-0.05, 0) is 13.6 Å². The van der Waals surface area contributed by atoms with Crippen molar-refractivity contribution in [2.75, 3.05) is 13.6 Å². The van der Waals surface area contributed by atoms with Gasteiger partial charge in [-0.3, -0.25) is 4.90 Å².